The van der Waals surface area contributed by atoms with Crippen molar-refractivity contribution in [2.75, 3.05) is 0 Å². The molecule has 32 heavy (non-hydrogen) atoms. The molecule has 0 radical (unpaired) electrons. The van der Waals surface area contributed by atoms with Crippen molar-refractivity contribution >= 4 is 52.0 Å². The zero-order valence-corrected chi connectivity index (χ0v) is 20.1. The summed E-state index contributed by atoms with van der Waals surface area (Å²) in [6, 6.07) is 24.8. The number of hydrogen-bond donors (Lipinski definition) is 0. The van der Waals surface area contributed by atoms with Gasteiger partial charge in [0.2, 0.25) is 0 Å². The normalized spacial score (nSPS) is 14.2. The number of nitrogens with zero attached hydrogens (tertiary/aromatic N) is 2. The molecule has 3 atom stereocenters. The molecular formula is C26H18Cl4N2. The van der Waals surface area contributed by atoms with Gasteiger partial charge in [0.25, 0.3) is 0 Å². The van der Waals surface area contributed by atoms with Crippen molar-refractivity contribution in [2.24, 2.45) is 5.92 Å². The third-order valence-corrected chi connectivity index (χ3v) is 6.81. The molecule has 160 valence electrons. The van der Waals surface area contributed by atoms with Gasteiger partial charge in [-0.2, -0.15) is 10.5 Å². The first-order valence-corrected chi connectivity index (χ1v) is 11.3. The van der Waals surface area contributed by atoms with Crippen LogP contribution < -0.4 is 0 Å². The second-order valence-corrected chi connectivity index (χ2v) is 9.03. The number of hydrogen-bond acceptors (Lipinski definition) is 2. The molecule has 0 amide bonds. The molecule has 3 unspecified atom stereocenters. The third kappa shape index (κ3) is 5.47. The van der Waals surface area contributed by atoms with Crippen LogP contribution in [0.15, 0.2) is 72.8 Å². The highest BCUT2D eigenvalue weighted by molar-refractivity contribution is 6.42. The Kier molecular flexibility index (Phi) is 8.25. The Balaban J connectivity index is 2.09. The van der Waals surface area contributed by atoms with E-state index in [2.05, 4.69) is 12.1 Å². The zero-order valence-electron chi connectivity index (χ0n) is 17.1. The predicted octanol–water partition coefficient (Wildman–Crippen LogP) is 8.93. The van der Waals surface area contributed by atoms with E-state index in [1.165, 1.54) is 0 Å². The van der Waals surface area contributed by atoms with Crippen LogP contribution in [-0.2, 0) is 0 Å². The summed E-state index contributed by atoms with van der Waals surface area (Å²) >= 11 is 24.5. The highest BCUT2D eigenvalue weighted by atomic mass is 35.5. The molecule has 3 aromatic rings. The molecule has 0 fully saturated rings. The molecule has 0 aromatic heterocycles. The van der Waals surface area contributed by atoms with E-state index in [1.54, 1.807) is 30.3 Å². The van der Waals surface area contributed by atoms with Crippen LogP contribution in [0.25, 0.3) is 5.57 Å². The van der Waals surface area contributed by atoms with Crippen molar-refractivity contribution < 1.29 is 0 Å². The Bertz CT molecular complexity index is 1220. The summed E-state index contributed by atoms with van der Waals surface area (Å²) in [7, 11) is 0. The summed E-state index contributed by atoms with van der Waals surface area (Å²) in [4.78, 5) is 0. The van der Waals surface area contributed by atoms with Crippen LogP contribution in [0.2, 0.25) is 20.1 Å². The van der Waals surface area contributed by atoms with E-state index in [0.29, 0.717) is 31.2 Å². The van der Waals surface area contributed by atoms with Gasteiger partial charge in [0.05, 0.1) is 43.7 Å². The summed E-state index contributed by atoms with van der Waals surface area (Å²) in [6.45, 7) is 1.99. The molecule has 0 bridgehead atoms. The fraction of sp³-hybridized carbons (Fsp3) is 0.154. The molecule has 0 spiro atoms. The topological polar surface area (TPSA) is 47.6 Å². The third-order valence-electron chi connectivity index (χ3n) is 5.33. The van der Waals surface area contributed by atoms with Gasteiger partial charge in [-0.1, -0.05) is 102 Å². The molecule has 3 aromatic carbocycles. The highest BCUT2D eigenvalue weighted by Gasteiger charge is 2.30. The lowest BCUT2D eigenvalue weighted by Gasteiger charge is -2.27. The van der Waals surface area contributed by atoms with Gasteiger partial charge in [0, 0.05) is 5.92 Å². The van der Waals surface area contributed by atoms with Gasteiger partial charge in [-0.25, -0.2) is 0 Å². The van der Waals surface area contributed by atoms with Crippen molar-refractivity contribution in [2.45, 2.75) is 18.8 Å². The first-order chi connectivity index (χ1) is 15.3. The Hall–Kier alpha value is -2.46. The van der Waals surface area contributed by atoms with Crippen molar-refractivity contribution in [3.63, 3.8) is 0 Å². The van der Waals surface area contributed by atoms with Gasteiger partial charge in [-0.3, -0.25) is 0 Å². The minimum atomic E-state index is -0.507. The molecule has 0 saturated carbocycles. The first-order valence-electron chi connectivity index (χ1n) is 9.82. The molecule has 0 aliphatic heterocycles. The minimum absolute atomic E-state index is 0.166. The maximum Gasteiger partial charge on any atom is 0.0994 e. The fourth-order valence-electron chi connectivity index (χ4n) is 3.77. The van der Waals surface area contributed by atoms with Crippen molar-refractivity contribution in [3.8, 4) is 12.1 Å². The number of rotatable bonds is 6. The van der Waals surface area contributed by atoms with E-state index < -0.39 is 5.92 Å². The highest BCUT2D eigenvalue weighted by Crippen LogP contribution is 2.41. The Morgan fingerprint density at radius 2 is 1.41 bits per heavy atom. The van der Waals surface area contributed by atoms with Crippen molar-refractivity contribution in [1.29, 1.82) is 10.5 Å². The lowest BCUT2D eigenvalue weighted by molar-refractivity contribution is 0.508. The maximum absolute atomic E-state index is 10.2. The quantitative estimate of drug-likeness (QED) is 0.317. The Morgan fingerprint density at radius 3 is 1.97 bits per heavy atom. The second kappa shape index (κ2) is 10.9. The van der Waals surface area contributed by atoms with Gasteiger partial charge < -0.3 is 0 Å². The van der Waals surface area contributed by atoms with E-state index in [0.717, 1.165) is 11.1 Å². The summed E-state index contributed by atoms with van der Waals surface area (Å²) in [5.41, 5.74) is 2.88. The Morgan fingerprint density at radius 1 is 0.781 bits per heavy atom. The van der Waals surface area contributed by atoms with Crippen LogP contribution >= 0.6 is 46.4 Å². The zero-order chi connectivity index (χ0) is 23.3. The number of allylic oxidation sites excluding steroid dienone is 2. The standard InChI is InChI=1S/C26H18Cl4N2/c1-16(11-20(14-31)18-7-9-22(27)24(29)12-18)26(17-5-3-2-4-6-17)21(15-32)19-8-10-23(28)25(30)13-19/h2-13,16,21,26H,1H3. The van der Waals surface area contributed by atoms with Gasteiger partial charge in [-0.05, 0) is 46.9 Å². The molecule has 0 aliphatic carbocycles. The largest absolute Gasteiger partial charge is 0.198 e. The van der Waals surface area contributed by atoms with Gasteiger partial charge >= 0.3 is 0 Å². The molecule has 6 heteroatoms. The van der Waals surface area contributed by atoms with E-state index >= 15 is 0 Å². The van der Waals surface area contributed by atoms with Gasteiger partial charge in [-0.15, -0.1) is 0 Å². The summed E-state index contributed by atoms with van der Waals surface area (Å²) < 4.78 is 0. The average Bonchev–Trinajstić information content (AvgIpc) is 2.80. The molecular weight excluding hydrogens is 482 g/mol. The number of benzene rings is 3. The molecule has 0 N–H and O–H groups in total. The smallest absolute Gasteiger partial charge is 0.0994 e. The van der Waals surface area contributed by atoms with E-state index in [4.69, 9.17) is 46.4 Å². The van der Waals surface area contributed by atoms with Crippen LogP contribution in [0, 0.1) is 28.6 Å². The average molecular weight is 500 g/mol. The molecule has 0 saturated heterocycles. The lowest BCUT2D eigenvalue weighted by atomic mass is 9.74. The SMILES string of the molecule is CC(C=C(C#N)c1ccc(Cl)c(Cl)c1)C(c1ccccc1)C(C#N)c1ccc(Cl)c(Cl)c1. The molecule has 0 heterocycles. The Labute approximate surface area is 208 Å². The molecule has 3 rings (SSSR count). The first kappa shape index (κ1) is 24.2. The number of halogens is 4. The van der Waals surface area contributed by atoms with Crippen LogP contribution in [0.4, 0.5) is 0 Å². The lowest BCUT2D eigenvalue weighted by Crippen LogP contribution is -2.17. The number of nitriles is 2. The molecule has 2 nitrogen and oxygen atoms in total. The molecule has 0 aliphatic rings. The summed E-state index contributed by atoms with van der Waals surface area (Å²) in [5, 5.41) is 21.6. The van der Waals surface area contributed by atoms with Crippen LogP contribution in [0.5, 0.6) is 0 Å². The van der Waals surface area contributed by atoms with Crippen molar-refractivity contribution in [3.05, 3.63) is 110 Å². The van der Waals surface area contributed by atoms with E-state index in [1.807, 2.05) is 49.4 Å². The maximum atomic E-state index is 10.2. The van der Waals surface area contributed by atoms with Crippen LogP contribution in [-0.4, -0.2) is 0 Å². The van der Waals surface area contributed by atoms with Crippen molar-refractivity contribution in [1.82, 2.24) is 0 Å². The van der Waals surface area contributed by atoms with E-state index in [9.17, 15) is 10.5 Å². The fourth-order valence-corrected chi connectivity index (χ4v) is 4.38. The minimum Gasteiger partial charge on any atom is -0.198 e. The van der Waals surface area contributed by atoms with E-state index in [-0.39, 0.29) is 11.8 Å². The van der Waals surface area contributed by atoms with Gasteiger partial charge in [0.15, 0.2) is 0 Å². The van der Waals surface area contributed by atoms with Gasteiger partial charge in [0.1, 0.15) is 0 Å². The predicted molar refractivity (Wildman–Crippen MR) is 133 cm³/mol. The van der Waals surface area contributed by atoms with Crippen LogP contribution in [0.1, 0.15) is 35.4 Å². The monoisotopic (exact) mass is 498 g/mol. The second-order valence-electron chi connectivity index (χ2n) is 7.40. The van der Waals surface area contributed by atoms with Crippen LogP contribution in [0.3, 0.4) is 0 Å². The summed E-state index contributed by atoms with van der Waals surface area (Å²) in [6.07, 6.45) is 1.87. The summed E-state index contributed by atoms with van der Waals surface area (Å²) in [5.74, 6) is -0.905.